The summed E-state index contributed by atoms with van der Waals surface area (Å²) in [6.45, 7) is 6.42. The summed E-state index contributed by atoms with van der Waals surface area (Å²) in [6.07, 6.45) is 1.27. The predicted molar refractivity (Wildman–Crippen MR) is 67.0 cm³/mol. The minimum Gasteiger partial charge on any atom is -0.464 e. The van der Waals surface area contributed by atoms with Crippen molar-refractivity contribution in [2.24, 2.45) is 17.8 Å². The molecule has 1 aliphatic carbocycles. The fourth-order valence-corrected chi connectivity index (χ4v) is 2.58. The quantitative estimate of drug-likeness (QED) is 0.782. The second-order valence-electron chi connectivity index (χ2n) is 5.05. The van der Waals surface area contributed by atoms with E-state index in [4.69, 9.17) is 4.74 Å². The number of rotatable bonds is 4. The van der Waals surface area contributed by atoms with E-state index in [9.17, 15) is 9.59 Å². The normalized spacial score (nSPS) is 28.6. The van der Waals surface area contributed by atoms with E-state index in [2.05, 4.69) is 23.9 Å². The molecule has 1 aliphatic rings. The number of amides is 1. The summed E-state index contributed by atoms with van der Waals surface area (Å²) in [5, 5.41) is 2.60. The second kappa shape index (κ2) is 6.61. The summed E-state index contributed by atoms with van der Waals surface area (Å²) < 4.78 is 9.59. The molecule has 1 rings (SSSR count). The SMILES string of the molecule is CCOC(=O)C(NC(=O)OC)C1C[C@@H](C)[C@@H](C)C1. The van der Waals surface area contributed by atoms with Gasteiger partial charge in [-0.25, -0.2) is 9.59 Å². The highest BCUT2D eigenvalue weighted by Crippen LogP contribution is 2.37. The molecule has 5 nitrogen and oxygen atoms in total. The van der Waals surface area contributed by atoms with Crippen LogP contribution in [0, 0.1) is 17.8 Å². The van der Waals surface area contributed by atoms with Gasteiger partial charge >= 0.3 is 12.1 Å². The molecule has 5 heteroatoms. The molecule has 1 amide bonds. The fraction of sp³-hybridized carbons (Fsp3) is 0.846. The van der Waals surface area contributed by atoms with Crippen molar-refractivity contribution in [2.75, 3.05) is 13.7 Å². The lowest BCUT2D eigenvalue weighted by molar-refractivity contribution is -0.147. The van der Waals surface area contributed by atoms with E-state index in [0.717, 1.165) is 12.8 Å². The Kier molecular flexibility index (Phi) is 5.44. The predicted octanol–water partition coefficient (Wildman–Crippen LogP) is 1.96. The van der Waals surface area contributed by atoms with Crippen molar-refractivity contribution in [2.45, 2.75) is 39.7 Å². The molecule has 0 heterocycles. The van der Waals surface area contributed by atoms with Crippen molar-refractivity contribution >= 4 is 12.1 Å². The molecule has 4 atom stereocenters. The molecule has 1 fully saturated rings. The van der Waals surface area contributed by atoms with E-state index in [1.807, 2.05) is 0 Å². The highest BCUT2D eigenvalue weighted by molar-refractivity contribution is 5.81. The Morgan fingerprint density at radius 3 is 2.28 bits per heavy atom. The monoisotopic (exact) mass is 257 g/mol. The average molecular weight is 257 g/mol. The van der Waals surface area contributed by atoms with E-state index in [1.165, 1.54) is 7.11 Å². The van der Waals surface area contributed by atoms with Crippen LogP contribution in [0.3, 0.4) is 0 Å². The Bertz CT molecular complexity index is 295. The standard InChI is InChI=1S/C13H23NO4/c1-5-18-12(15)11(14-13(16)17-4)10-6-8(2)9(3)7-10/h8-11H,5-7H2,1-4H3,(H,14,16)/t8-,9+,10?,11?. The molecule has 18 heavy (non-hydrogen) atoms. The van der Waals surface area contributed by atoms with Crippen LogP contribution in [0.25, 0.3) is 0 Å². The molecule has 2 unspecified atom stereocenters. The van der Waals surface area contributed by atoms with Crippen molar-refractivity contribution in [3.8, 4) is 0 Å². The van der Waals surface area contributed by atoms with E-state index in [1.54, 1.807) is 6.92 Å². The molecule has 0 spiro atoms. The lowest BCUT2D eigenvalue weighted by atomic mass is 9.97. The molecule has 1 N–H and O–H groups in total. The van der Waals surface area contributed by atoms with Gasteiger partial charge in [-0.05, 0) is 37.5 Å². The van der Waals surface area contributed by atoms with Gasteiger partial charge in [0.25, 0.3) is 0 Å². The Hall–Kier alpha value is -1.26. The first-order valence-corrected chi connectivity index (χ1v) is 6.50. The number of alkyl carbamates (subject to hydrolysis) is 1. The topological polar surface area (TPSA) is 64.6 Å². The Balaban J connectivity index is 2.71. The minimum absolute atomic E-state index is 0.133. The third-order valence-electron chi connectivity index (χ3n) is 3.79. The van der Waals surface area contributed by atoms with Gasteiger partial charge in [0.15, 0.2) is 0 Å². The van der Waals surface area contributed by atoms with Crippen LogP contribution < -0.4 is 5.32 Å². The summed E-state index contributed by atoms with van der Waals surface area (Å²) in [7, 11) is 1.29. The third kappa shape index (κ3) is 3.62. The Morgan fingerprint density at radius 2 is 1.83 bits per heavy atom. The first-order valence-electron chi connectivity index (χ1n) is 6.50. The summed E-state index contributed by atoms with van der Waals surface area (Å²) in [5.41, 5.74) is 0. The lowest BCUT2D eigenvalue weighted by Gasteiger charge is -2.22. The van der Waals surface area contributed by atoms with Gasteiger partial charge in [0.05, 0.1) is 13.7 Å². The van der Waals surface area contributed by atoms with Crippen LogP contribution in [0.4, 0.5) is 4.79 Å². The number of methoxy groups -OCH3 is 1. The smallest absolute Gasteiger partial charge is 0.407 e. The van der Waals surface area contributed by atoms with Gasteiger partial charge in [-0.2, -0.15) is 0 Å². The second-order valence-corrected chi connectivity index (χ2v) is 5.05. The molecule has 1 saturated carbocycles. The number of carbonyl (C=O) groups excluding carboxylic acids is 2. The summed E-state index contributed by atoms with van der Waals surface area (Å²) in [5.74, 6) is 0.889. The van der Waals surface area contributed by atoms with E-state index in [0.29, 0.717) is 18.4 Å². The first kappa shape index (κ1) is 14.8. The van der Waals surface area contributed by atoms with Crippen molar-refractivity contribution in [3.05, 3.63) is 0 Å². The van der Waals surface area contributed by atoms with Gasteiger partial charge in [0.1, 0.15) is 6.04 Å². The largest absolute Gasteiger partial charge is 0.464 e. The Morgan fingerprint density at radius 1 is 1.28 bits per heavy atom. The van der Waals surface area contributed by atoms with Crippen molar-refractivity contribution in [1.82, 2.24) is 5.32 Å². The highest BCUT2D eigenvalue weighted by atomic mass is 16.5. The fourth-order valence-electron chi connectivity index (χ4n) is 2.58. The zero-order chi connectivity index (χ0) is 13.7. The van der Waals surface area contributed by atoms with Gasteiger partial charge in [-0.3, -0.25) is 0 Å². The zero-order valence-corrected chi connectivity index (χ0v) is 11.6. The number of ether oxygens (including phenoxy) is 2. The molecule has 0 aromatic heterocycles. The molecule has 0 radical (unpaired) electrons. The van der Waals surface area contributed by atoms with E-state index < -0.39 is 12.1 Å². The zero-order valence-electron chi connectivity index (χ0n) is 11.6. The van der Waals surface area contributed by atoms with Gasteiger partial charge < -0.3 is 14.8 Å². The Labute approximate surface area is 108 Å². The van der Waals surface area contributed by atoms with Crippen LogP contribution in [0.5, 0.6) is 0 Å². The van der Waals surface area contributed by atoms with Gasteiger partial charge in [0.2, 0.25) is 0 Å². The summed E-state index contributed by atoms with van der Waals surface area (Å²) in [6, 6.07) is -0.593. The average Bonchev–Trinajstić information content (AvgIpc) is 2.66. The summed E-state index contributed by atoms with van der Waals surface area (Å²) >= 11 is 0. The van der Waals surface area contributed by atoms with Crippen LogP contribution in [0.2, 0.25) is 0 Å². The molecular formula is C13H23NO4. The van der Waals surface area contributed by atoms with Crippen molar-refractivity contribution in [1.29, 1.82) is 0 Å². The minimum atomic E-state index is -0.593. The molecule has 0 bridgehead atoms. The summed E-state index contributed by atoms with van der Waals surface area (Å²) in [4.78, 5) is 23.2. The molecule has 0 saturated heterocycles. The number of hydrogen-bond acceptors (Lipinski definition) is 4. The molecule has 0 aliphatic heterocycles. The number of hydrogen-bond donors (Lipinski definition) is 1. The van der Waals surface area contributed by atoms with E-state index >= 15 is 0 Å². The maximum Gasteiger partial charge on any atom is 0.407 e. The van der Waals surface area contributed by atoms with Gasteiger partial charge in [-0.15, -0.1) is 0 Å². The van der Waals surface area contributed by atoms with Crippen molar-refractivity contribution < 1.29 is 19.1 Å². The first-order chi connectivity index (χ1) is 8.49. The van der Waals surface area contributed by atoms with Gasteiger partial charge in [-0.1, -0.05) is 13.8 Å². The number of carbonyl (C=O) groups is 2. The van der Waals surface area contributed by atoms with Crippen molar-refractivity contribution in [3.63, 3.8) is 0 Å². The van der Waals surface area contributed by atoms with E-state index in [-0.39, 0.29) is 11.9 Å². The third-order valence-corrected chi connectivity index (χ3v) is 3.79. The highest BCUT2D eigenvalue weighted by Gasteiger charge is 2.38. The maximum atomic E-state index is 11.9. The number of esters is 1. The lowest BCUT2D eigenvalue weighted by Crippen LogP contribution is -2.46. The molecule has 0 aromatic rings. The van der Waals surface area contributed by atoms with Crippen LogP contribution >= 0.6 is 0 Å². The molecule has 104 valence electrons. The van der Waals surface area contributed by atoms with Crippen LogP contribution in [0.15, 0.2) is 0 Å². The van der Waals surface area contributed by atoms with Crippen LogP contribution in [-0.2, 0) is 14.3 Å². The molecular weight excluding hydrogens is 234 g/mol. The van der Waals surface area contributed by atoms with Crippen LogP contribution in [0.1, 0.15) is 33.6 Å². The van der Waals surface area contributed by atoms with Crippen LogP contribution in [-0.4, -0.2) is 31.8 Å². The van der Waals surface area contributed by atoms with Gasteiger partial charge in [0, 0.05) is 0 Å². The number of nitrogens with one attached hydrogen (secondary N) is 1. The maximum absolute atomic E-state index is 11.9. The molecule has 0 aromatic carbocycles.